The Hall–Kier alpha value is -2.70. The van der Waals surface area contributed by atoms with Gasteiger partial charge in [-0.25, -0.2) is 9.78 Å². The number of fused-ring (bicyclic) bond motifs is 1. The molecule has 0 aromatic carbocycles. The van der Waals surface area contributed by atoms with Gasteiger partial charge in [-0.15, -0.1) is 0 Å². The van der Waals surface area contributed by atoms with Crippen molar-refractivity contribution < 1.29 is 24.5 Å². The van der Waals surface area contributed by atoms with Gasteiger partial charge >= 0.3 is 6.09 Å². The summed E-state index contributed by atoms with van der Waals surface area (Å²) < 4.78 is 11.9. The molecule has 2 unspecified atom stereocenters. The largest absolute Gasteiger partial charge is 0.447 e. The SMILES string of the molecule is CCCNC(=O)OC[C@H]1O[C@@H](n2cnc3c(=O)[nH]c(N)nc32)C(O)C1O. The van der Waals surface area contributed by atoms with Gasteiger partial charge in [0.05, 0.1) is 6.33 Å². The van der Waals surface area contributed by atoms with Crippen LogP contribution in [0, 0.1) is 0 Å². The molecule has 142 valence electrons. The molecule has 0 radical (unpaired) electrons. The molecule has 1 aliphatic heterocycles. The summed E-state index contributed by atoms with van der Waals surface area (Å²) in [5.74, 6) is -0.121. The number of aliphatic hydroxyl groups excluding tert-OH is 2. The standard InChI is InChI=1S/C14H20N6O6/c1-2-3-16-14(24)25-4-6-8(21)9(22)12(26-6)20-5-17-7-10(20)18-13(15)19-11(7)23/h5-6,8-9,12,21-22H,2-4H2,1H3,(H,16,24)(H3,15,18,19,23)/t6-,8?,9?,12-/m1/s1. The van der Waals surface area contributed by atoms with Gasteiger partial charge in [0.25, 0.3) is 5.56 Å². The van der Waals surface area contributed by atoms with E-state index in [1.165, 1.54) is 10.9 Å². The Morgan fingerprint density at radius 1 is 1.50 bits per heavy atom. The summed E-state index contributed by atoms with van der Waals surface area (Å²) in [7, 11) is 0. The summed E-state index contributed by atoms with van der Waals surface area (Å²) in [5.41, 5.74) is 5.12. The Morgan fingerprint density at radius 2 is 2.27 bits per heavy atom. The molecule has 1 aliphatic rings. The number of nitrogen functional groups attached to an aromatic ring is 1. The van der Waals surface area contributed by atoms with Crippen LogP contribution in [-0.4, -0.2) is 67.3 Å². The van der Waals surface area contributed by atoms with Crippen LogP contribution in [0.4, 0.5) is 10.7 Å². The van der Waals surface area contributed by atoms with E-state index in [0.717, 1.165) is 6.42 Å². The highest BCUT2D eigenvalue weighted by Gasteiger charge is 2.45. The maximum Gasteiger partial charge on any atom is 0.407 e. The van der Waals surface area contributed by atoms with Gasteiger partial charge in [0.15, 0.2) is 17.4 Å². The monoisotopic (exact) mass is 368 g/mol. The number of imidazole rings is 1. The Bertz CT molecular complexity index is 850. The van der Waals surface area contributed by atoms with E-state index in [1.807, 2.05) is 6.92 Å². The molecule has 0 spiro atoms. The number of carbonyl (C=O) groups is 1. The Kier molecular flexibility index (Phi) is 5.06. The lowest BCUT2D eigenvalue weighted by atomic mass is 10.1. The van der Waals surface area contributed by atoms with Gasteiger partial charge in [-0.1, -0.05) is 6.92 Å². The van der Waals surface area contributed by atoms with Crippen LogP contribution < -0.4 is 16.6 Å². The lowest BCUT2D eigenvalue weighted by Crippen LogP contribution is -2.36. The Labute approximate surface area is 146 Å². The van der Waals surface area contributed by atoms with E-state index in [4.69, 9.17) is 15.2 Å². The van der Waals surface area contributed by atoms with Crippen molar-refractivity contribution in [1.29, 1.82) is 0 Å². The number of anilines is 1. The van der Waals surface area contributed by atoms with Crippen molar-refractivity contribution in [3.63, 3.8) is 0 Å². The van der Waals surface area contributed by atoms with Crippen molar-refractivity contribution in [3.05, 3.63) is 16.7 Å². The number of rotatable bonds is 5. The number of hydrogen-bond donors (Lipinski definition) is 5. The van der Waals surface area contributed by atoms with Crippen LogP contribution in [0.15, 0.2) is 11.1 Å². The molecule has 1 amide bonds. The minimum absolute atomic E-state index is 0.0168. The van der Waals surface area contributed by atoms with Gasteiger partial charge in [-0.2, -0.15) is 4.98 Å². The molecule has 12 nitrogen and oxygen atoms in total. The number of H-pyrrole nitrogens is 1. The molecule has 1 fully saturated rings. The molecule has 6 N–H and O–H groups in total. The summed E-state index contributed by atoms with van der Waals surface area (Å²) in [5, 5.41) is 23.0. The molecule has 0 saturated carbocycles. The van der Waals surface area contributed by atoms with Crippen molar-refractivity contribution in [3.8, 4) is 0 Å². The van der Waals surface area contributed by atoms with Crippen molar-refractivity contribution in [1.82, 2.24) is 24.8 Å². The Morgan fingerprint density at radius 3 is 3.00 bits per heavy atom. The average Bonchev–Trinajstić information content (AvgIpc) is 3.13. The number of aliphatic hydroxyl groups is 2. The van der Waals surface area contributed by atoms with Crippen molar-refractivity contribution in [2.24, 2.45) is 0 Å². The molecule has 0 bridgehead atoms. The lowest BCUT2D eigenvalue weighted by molar-refractivity contribution is -0.0533. The number of alkyl carbamates (subject to hydrolysis) is 1. The third kappa shape index (κ3) is 3.34. The van der Waals surface area contributed by atoms with Crippen LogP contribution in [0.25, 0.3) is 11.2 Å². The quantitative estimate of drug-likeness (QED) is 0.418. The van der Waals surface area contributed by atoms with Crippen LogP contribution in [0.3, 0.4) is 0 Å². The number of nitrogens with two attached hydrogens (primary N) is 1. The van der Waals surface area contributed by atoms with Gasteiger partial charge in [-0.3, -0.25) is 14.3 Å². The first kappa shape index (κ1) is 18.1. The van der Waals surface area contributed by atoms with E-state index >= 15 is 0 Å². The van der Waals surface area contributed by atoms with E-state index in [-0.39, 0.29) is 23.7 Å². The van der Waals surface area contributed by atoms with Gasteiger partial charge in [0.2, 0.25) is 5.95 Å². The number of nitrogens with zero attached hydrogens (tertiary/aromatic N) is 3. The van der Waals surface area contributed by atoms with Gasteiger partial charge in [-0.05, 0) is 6.42 Å². The number of amides is 1. The topological polar surface area (TPSA) is 178 Å². The molecular weight excluding hydrogens is 348 g/mol. The summed E-state index contributed by atoms with van der Waals surface area (Å²) in [6.45, 7) is 2.10. The second kappa shape index (κ2) is 7.27. The molecule has 4 atom stereocenters. The second-order valence-electron chi connectivity index (χ2n) is 5.85. The molecule has 3 rings (SSSR count). The number of aromatic amines is 1. The third-order valence-corrected chi connectivity index (χ3v) is 3.96. The molecule has 2 aromatic rings. The maximum atomic E-state index is 11.8. The highest BCUT2D eigenvalue weighted by molar-refractivity contribution is 5.70. The summed E-state index contributed by atoms with van der Waals surface area (Å²) >= 11 is 0. The van der Waals surface area contributed by atoms with E-state index < -0.39 is 36.2 Å². The minimum Gasteiger partial charge on any atom is -0.447 e. The fourth-order valence-corrected chi connectivity index (χ4v) is 2.66. The van der Waals surface area contributed by atoms with Gasteiger partial charge in [0, 0.05) is 6.54 Å². The highest BCUT2D eigenvalue weighted by Crippen LogP contribution is 2.31. The van der Waals surface area contributed by atoms with Crippen LogP contribution in [0.5, 0.6) is 0 Å². The zero-order chi connectivity index (χ0) is 18.8. The highest BCUT2D eigenvalue weighted by atomic mass is 16.6. The van der Waals surface area contributed by atoms with E-state index in [1.54, 1.807) is 0 Å². The molecular formula is C14H20N6O6. The molecule has 3 heterocycles. The first-order valence-corrected chi connectivity index (χ1v) is 8.07. The molecule has 2 aromatic heterocycles. The number of aromatic nitrogens is 4. The minimum atomic E-state index is -1.35. The first-order chi connectivity index (χ1) is 12.4. The predicted octanol–water partition coefficient (Wildman–Crippen LogP) is -1.54. The average molecular weight is 368 g/mol. The van der Waals surface area contributed by atoms with Crippen LogP contribution in [0.2, 0.25) is 0 Å². The molecule has 1 saturated heterocycles. The predicted molar refractivity (Wildman–Crippen MR) is 88.1 cm³/mol. The van der Waals surface area contributed by atoms with Gasteiger partial charge in [0.1, 0.15) is 24.9 Å². The van der Waals surface area contributed by atoms with Crippen LogP contribution in [0.1, 0.15) is 19.6 Å². The van der Waals surface area contributed by atoms with Crippen molar-refractivity contribution in [2.45, 2.75) is 37.9 Å². The number of ether oxygens (including phenoxy) is 2. The van der Waals surface area contributed by atoms with Crippen LogP contribution >= 0.6 is 0 Å². The molecule has 12 heteroatoms. The maximum absolute atomic E-state index is 11.8. The van der Waals surface area contributed by atoms with Crippen molar-refractivity contribution in [2.75, 3.05) is 18.9 Å². The zero-order valence-corrected chi connectivity index (χ0v) is 14.0. The zero-order valence-electron chi connectivity index (χ0n) is 14.0. The van der Waals surface area contributed by atoms with E-state index in [0.29, 0.717) is 6.54 Å². The second-order valence-corrected chi connectivity index (χ2v) is 5.85. The normalized spacial score (nSPS) is 25.5. The van der Waals surface area contributed by atoms with Gasteiger partial charge < -0.3 is 30.7 Å². The third-order valence-electron chi connectivity index (χ3n) is 3.96. The van der Waals surface area contributed by atoms with Crippen LogP contribution in [-0.2, 0) is 9.47 Å². The summed E-state index contributed by atoms with van der Waals surface area (Å²) in [4.78, 5) is 33.6. The lowest BCUT2D eigenvalue weighted by Gasteiger charge is -2.16. The molecule has 0 aliphatic carbocycles. The first-order valence-electron chi connectivity index (χ1n) is 8.07. The number of hydrogen-bond acceptors (Lipinski definition) is 9. The fourth-order valence-electron chi connectivity index (χ4n) is 2.66. The summed E-state index contributed by atoms with van der Waals surface area (Å²) in [6.07, 6.45) is -3.33. The Balaban J connectivity index is 1.76. The van der Waals surface area contributed by atoms with E-state index in [2.05, 4.69) is 20.3 Å². The van der Waals surface area contributed by atoms with E-state index in [9.17, 15) is 19.8 Å². The number of carbonyl (C=O) groups excluding carboxylic acids is 1. The fraction of sp³-hybridized carbons (Fsp3) is 0.571. The van der Waals surface area contributed by atoms with Crippen molar-refractivity contribution >= 4 is 23.2 Å². The molecule has 26 heavy (non-hydrogen) atoms. The smallest absolute Gasteiger partial charge is 0.407 e. The number of nitrogens with one attached hydrogen (secondary N) is 2. The summed E-state index contributed by atoms with van der Waals surface area (Å²) in [6, 6.07) is 0.